The van der Waals surface area contributed by atoms with E-state index in [-0.39, 0.29) is 23.1 Å². The number of hydrogen-bond donors (Lipinski definition) is 3. The molecule has 4 rings (SSSR count). The third-order valence-corrected chi connectivity index (χ3v) is 5.92. The smallest absolute Gasteiger partial charge is 0.249 e. The summed E-state index contributed by atoms with van der Waals surface area (Å²) in [6, 6.07) is 13.1. The summed E-state index contributed by atoms with van der Waals surface area (Å²) >= 11 is 0. The first-order valence-corrected chi connectivity index (χ1v) is 11.4. The number of fused-ring (bicyclic) bond motifs is 1. The van der Waals surface area contributed by atoms with Gasteiger partial charge in [-0.15, -0.1) is 0 Å². The number of carbonyl (C=O) groups is 1. The van der Waals surface area contributed by atoms with Crippen LogP contribution in [0.4, 0.5) is 5.82 Å². The molecule has 7 heteroatoms. The standard InChI is InChI=1S/C26H32N4O3/c1-16-9-10-18-20(13-16)28-23(19-7-5-6-8-21(19)31)29-24(18)30-12-11-17(15-30)27-25(33)22(32)14-26(2,3)4/h5-10,13,17,22,31-32H,11-12,14-15H2,1-4H3,(H,27,33). The van der Waals surface area contributed by atoms with Gasteiger partial charge in [-0.1, -0.05) is 39.0 Å². The Labute approximate surface area is 194 Å². The first-order valence-electron chi connectivity index (χ1n) is 11.4. The third-order valence-electron chi connectivity index (χ3n) is 5.92. The van der Waals surface area contributed by atoms with E-state index in [0.717, 1.165) is 35.2 Å². The van der Waals surface area contributed by atoms with E-state index < -0.39 is 6.10 Å². The molecule has 1 aliphatic heterocycles. The summed E-state index contributed by atoms with van der Waals surface area (Å²) in [4.78, 5) is 24.2. The fourth-order valence-electron chi connectivity index (χ4n) is 4.29. The third kappa shape index (κ3) is 5.25. The number of para-hydroxylation sites is 1. The summed E-state index contributed by atoms with van der Waals surface area (Å²) in [6.07, 6.45) is 0.154. The van der Waals surface area contributed by atoms with Crippen molar-refractivity contribution < 1.29 is 15.0 Å². The molecule has 3 aromatic rings. The summed E-state index contributed by atoms with van der Waals surface area (Å²) in [7, 11) is 0. The number of hydrogen-bond acceptors (Lipinski definition) is 6. The molecule has 0 saturated carbocycles. The highest BCUT2D eigenvalue weighted by Gasteiger charge is 2.30. The van der Waals surface area contributed by atoms with Crippen LogP contribution in [0, 0.1) is 12.3 Å². The monoisotopic (exact) mass is 448 g/mol. The summed E-state index contributed by atoms with van der Waals surface area (Å²) in [5, 5.41) is 24.6. The molecule has 3 N–H and O–H groups in total. The number of phenolic OH excluding ortho intramolecular Hbond substituents is 1. The normalized spacial score (nSPS) is 17.4. The SMILES string of the molecule is Cc1ccc2c(N3CCC(NC(=O)C(O)CC(C)(C)C)C3)nc(-c3ccccc3O)nc2c1. The molecule has 1 saturated heterocycles. The second-order valence-corrected chi connectivity index (χ2v) is 10.1. The second kappa shape index (κ2) is 8.98. The highest BCUT2D eigenvalue weighted by atomic mass is 16.3. The molecule has 1 aromatic heterocycles. The molecule has 0 aliphatic carbocycles. The zero-order chi connectivity index (χ0) is 23.8. The lowest BCUT2D eigenvalue weighted by molar-refractivity contribution is -0.131. The van der Waals surface area contributed by atoms with Crippen molar-refractivity contribution >= 4 is 22.6 Å². The van der Waals surface area contributed by atoms with Crippen molar-refractivity contribution in [2.24, 2.45) is 5.41 Å². The molecule has 1 fully saturated rings. The minimum Gasteiger partial charge on any atom is -0.507 e. The van der Waals surface area contributed by atoms with E-state index >= 15 is 0 Å². The summed E-state index contributed by atoms with van der Waals surface area (Å²) in [5.41, 5.74) is 2.35. The molecule has 2 unspecified atom stereocenters. The van der Waals surface area contributed by atoms with Crippen molar-refractivity contribution in [3.8, 4) is 17.1 Å². The van der Waals surface area contributed by atoms with Gasteiger partial charge in [0.15, 0.2) is 5.82 Å². The summed E-state index contributed by atoms with van der Waals surface area (Å²) < 4.78 is 0. The first-order chi connectivity index (χ1) is 15.6. The molecule has 174 valence electrons. The number of rotatable bonds is 5. The van der Waals surface area contributed by atoms with Crippen LogP contribution in [-0.4, -0.2) is 51.3 Å². The van der Waals surface area contributed by atoms with E-state index in [1.54, 1.807) is 18.2 Å². The Morgan fingerprint density at radius 3 is 2.70 bits per heavy atom. The number of nitrogens with zero attached hydrogens (tertiary/aromatic N) is 3. The van der Waals surface area contributed by atoms with Gasteiger partial charge < -0.3 is 20.4 Å². The highest BCUT2D eigenvalue weighted by molar-refractivity contribution is 5.92. The van der Waals surface area contributed by atoms with E-state index in [1.165, 1.54) is 0 Å². The quantitative estimate of drug-likeness (QED) is 0.549. The van der Waals surface area contributed by atoms with Crippen LogP contribution in [0.15, 0.2) is 42.5 Å². The van der Waals surface area contributed by atoms with Gasteiger partial charge in [0.05, 0.1) is 11.1 Å². The van der Waals surface area contributed by atoms with Crippen molar-refractivity contribution in [2.75, 3.05) is 18.0 Å². The first kappa shape index (κ1) is 23.0. The van der Waals surface area contributed by atoms with Crippen LogP contribution in [0.25, 0.3) is 22.3 Å². The van der Waals surface area contributed by atoms with Crippen molar-refractivity contribution in [3.05, 3.63) is 48.0 Å². The van der Waals surface area contributed by atoms with E-state index in [2.05, 4.69) is 10.2 Å². The van der Waals surface area contributed by atoms with Crippen molar-refractivity contribution in [3.63, 3.8) is 0 Å². The molecule has 2 aromatic carbocycles. The molecule has 2 heterocycles. The van der Waals surface area contributed by atoms with E-state index in [1.807, 2.05) is 52.0 Å². The second-order valence-electron chi connectivity index (χ2n) is 10.1. The number of aliphatic hydroxyl groups is 1. The number of carbonyl (C=O) groups excluding carboxylic acids is 1. The van der Waals surface area contributed by atoms with Crippen LogP contribution in [0.1, 0.15) is 39.2 Å². The Hall–Kier alpha value is -3.19. The lowest BCUT2D eigenvalue weighted by Crippen LogP contribution is -2.43. The highest BCUT2D eigenvalue weighted by Crippen LogP contribution is 2.33. The summed E-state index contributed by atoms with van der Waals surface area (Å²) in [6.45, 7) is 9.35. The molecular weight excluding hydrogens is 416 g/mol. The predicted molar refractivity (Wildman–Crippen MR) is 130 cm³/mol. The predicted octanol–water partition coefficient (Wildman–Crippen LogP) is 3.80. The van der Waals surface area contributed by atoms with Crippen LogP contribution >= 0.6 is 0 Å². The number of anilines is 1. The van der Waals surface area contributed by atoms with Crippen molar-refractivity contribution in [1.82, 2.24) is 15.3 Å². The zero-order valence-corrected chi connectivity index (χ0v) is 19.7. The van der Waals surface area contributed by atoms with Gasteiger partial charge in [-0.3, -0.25) is 4.79 Å². The molecule has 7 nitrogen and oxygen atoms in total. The minimum atomic E-state index is -1.02. The van der Waals surface area contributed by atoms with Gasteiger partial charge in [0, 0.05) is 24.5 Å². The van der Waals surface area contributed by atoms with Gasteiger partial charge in [0.25, 0.3) is 0 Å². The molecule has 0 spiro atoms. The number of aliphatic hydroxyl groups excluding tert-OH is 1. The van der Waals surface area contributed by atoms with Crippen LogP contribution < -0.4 is 10.2 Å². The topological polar surface area (TPSA) is 98.6 Å². The van der Waals surface area contributed by atoms with Crippen molar-refractivity contribution in [2.45, 2.75) is 52.7 Å². The van der Waals surface area contributed by atoms with E-state index in [4.69, 9.17) is 9.97 Å². The van der Waals surface area contributed by atoms with Gasteiger partial charge in [-0.2, -0.15) is 0 Å². The van der Waals surface area contributed by atoms with Gasteiger partial charge >= 0.3 is 0 Å². The number of aryl methyl sites for hydroxylation is 1. The molecular formula is C26H32N4O3. The number of aromatic hydroxyl groups is 1. The van der Waals surface area contributed by atoms with Gasteiger partial charge in [0.1, 0.15) is 17.7 Å². The summed E-state index contributed by atoms with van der Waals surface area (Å²) in [5.74, 6) is 1.06. The van der Waals surface area contributed by atoms with Crippen LogP contribution in [0.3, 0.4) is 0 Å². The zero-order valence-electron chi connectivity index (χ0n) is 19.7. The van der Waals surface area contributed by atoms with Gasteiger partial charge in [-0.25, -0.2) is 9.97 Å². The number of nitrogens with one attached hydrogen (secondary N) is 1. The fraction of sp³-hybridized carbons (Fsp3) is 0.423. The Morgan fingerprint density at radius 1 is 1.21 bits per heavy atom. The van der Waals surface area contributed by atoms with Crippen LogP contribution in [0.2, 0.25) is 0 Å². The fourth-order valence-corrected chi connectivity index (χ4v) is 4.29. The van der Waals surface area contributed by atoms with Crippen LogP contribution in [-0.2, 0) is 4.79 Å². The maximum Gasteiger partial charge on any atom is 0.249 e. The minimum absolute atomic E-state index is 0.0730. The molecule has 2 atom stereocenters. The molecule has 1 amide bonds. The average Bonchev–Trinajstić information content (AvgIpc) is 3.20. The molecule has 0 bridgehead atoms. The Balaban J connectivity index is 1.60. The molecule has 0 radical (unpaired) electrons. The Morgan fingerprint density at radius 2 is 1.97 bits per heavy atom. The average molecular weight is 449 g/mol. The van der Waals surface area contributed by atoms with Crippen molar-refractivity contribution in [1.29, 1.82) is 0 Å². The van der Waals surface area contributed by atoms with Gasteiger partial charge in [0.2, 0.25) is 5.91 Å². The maximum atomic E-state index is 12.5. The number of aromatic nitrogens is 2. The number of benzene rings is 2. The number of phenols is 1. The lowest BCUT2D eigenvalue weighted by Gasteiger charge is -2.24. The lowest BCUT2D eigenvalue weighted by atomic mass is 9.89. The maximum absolute atomic E-state index is 12.5. The van der Waals surface area contributed by atoms with Gasteiger partial charge in [-0.05, 0) is 55.0 Å². The Bertz CT molecular complexity index is 1170. The van der Waals surface area contributed by atoms with E-state index in [0.29, 0.717) is 24.4 Å². The number of amides is 1. The van der Waals surface area contributed by atoms with Crippen LogP contribution in [0.5, 0.6) is 5.75 Å². The van der Waals surface area contributed by atoms with E-state index in [9.17, 15) is 15.0 Å². The molecule has 1 aliphatic rings. The largest absolute Gasteiger partial charge is 0.507 e. The molecule has 33 heavy (non-hydrogen) atoms. The Kier molecular flexibility index (Phi) is 6.26.